The normalized spacial score (nSPS) is 11.4. The highest BCUT2D eigenvalue weighted by Crippen LogP contribution is 2.26. The summed E-state index contributed by atoms with van der Waals surface area (Å²) >= 11 is 0. The van der Waals surface area contributed by atoms with E-state index in [-0.39, 0.29) is 5.41 Å². The molecule has 0 fully saturated rings. The summed E-state index contributed by atoms with van der Waals surface area (Å²) in [6.07, 6.45) is 3.52. The van der Waals surface area contributed by atoms with Gasteiger partial charge in [0.1, 0.15) is 18.0 Å². The lowest BCUT2D eigenvalue weighted by molar-refractivity contribution is 0.417. The molecule has 0 aromatic carbocycles. The van der Waals surface area contributed by atoms with Crippen molar-refractivity contribution >= 4 is 11.6 Å². The van der Waals surface area contributed by atoms with Crippen LogP contribution in [0, 0.1) is 5.41 Å². The first-order valence-corrected chi connectivity index (χ1v) is 6.40. The average molecular weight is 251 g/mol. The van der Waals surface area contributed by atoms with E-state index in [0.717, 1.165) is 36.6 Å². The second-order valence-corrected chi connectivity index (χ2v) is 5.84. The quantitative estimate of drug-likeness (QED) is 0.620. The molecular weight excluding hydrogens is 226 g/mol. The van der Waals surface area contributed by atoms with Gasteiger partial charge in [-0.05, 0) is 11.8 Å². The highest BCUT2D eigenvalue weighted by Gasteiger charge is 2.18. The van der Waals surface area contributed by atoms with E-state index in [2.05, 4.69) is 55.0 Å². The van der Waals surface area contributed by atoms with Crippen LogP contribution in [0.3, 0.4) is 0 Å². The molecule has 0 saturated heterocycles. The number of rotatable bonds is 5. The molecular formula is C13H25N5. The summed E-state index contributed by atoms with van der Waals surface area (Å²) < 4.78 is 0. The van der Waals surface area contributed by atoms with Crippen LogP contribution in [0.1, 0.15) is 39.7 Å². The number of anilines is 2. The number of hydrogen-bond acceptors (Lipinski definition) is 5. The summed E-state index contributed by atoms with van der Waals surface area (Å²) in [5.41, 5.74) is 3.97. The van der Waals surface area contributed by atoms with Gasteiger partial charge in [0.25, 0.3) is 0 Å². The SMILES string of the molecule is CCCc1c(NN)ncnc1N(C)CC(C)(C)C. The molecule has 0 unspecified atom stereocenters. The van der Waals surface area contributed by atoms with Gasteiger partial charge in [-0.15, -0.1) is 0 Å². The zero-order chi connectivity index (χ0) is 13.8. The Hall–Kier alpha value is -1.36. The molecule has 0 atom stereocenters. The van der Waals surface area contributed by atoms with E-state index in [1.54, 1.807) is 6.33 Å². The first kappa shape index (κ1) is 14.7. The van der Waals surface area contributed by atoms with E-state index in [1.807, 2.05) is 0 Å². The molecule has 0 aliphatic carbocycles. The van der Waals surface area contributed by atoms with Crippen LogP contribution in [-0.4, -0.2) is 23.6 Å². The van der Waals surface area contributed by atoms with Gasteiger partial charge in [0.2, 0.25) is 0 Å². The molecule has 18 heavy (non-hydrogen) atoms. The lowest BCUT2D eigenvalue weighted by Crippen LogP contribution is -2.31. The van der Waals surface area contributed by atoms with Gasteiger partial charge < -0.3 is 10.3 Å². The summed E-state index contributed by atoms with van der Waals surface area (Å²) in [5.74, 6) is 7.21. The monoisotopic (exact) mass is 251 g/mol. The van der Waals surface area contributed by atoms with Gasteiger partial charge in [0, 0.05) is 19.2 Å². The van der Waals surface area contributed by atoms with Crippen LogP contribution in [0.15, 0.2) is 6.33 Å². The minimum atomic E-state index is 0.222. The first-order valence-electron chi connectivity index (χ1n) is 6.40. The van der Waals surface area contributed by atoms with Crippen LogP contribution >= 0.6 is 0 Å². The molecule has 0 aliphatic heterocycles. The predicted octanol–water partition coefficient (Wildman–Crippen LogP) is 2.20. The van der Waals surface area contributed by atoms with Gasteiger partial charge >= 0.3 is 0 Å². The molecule has 0 saturated carbocycles. The number of nitrogens with zero attached hydrogens (tertiary/aromatic N) is 3. The van der Waals surface area contributed by atoms with Gasteiger partial charge in [0.05, 0.1) is 0 Å². The summed E-state index contributed by atoms with van der Waals surface area (Å²) in [4.78, 5) is 10.8. The fourth-order valence-corrected chi connectivity index (χ4v) is 2.12. The average Bonchev–Trinajstić information content (AvgIpc) is 2.27. The molecule has 102 valence electrons. The Kier molecular flexibility index (Phi) is 4.90. The summed E-state index contributed by atoms with van der Waals surface area (Å²) in [5, 5.41) is 0. The Morgan fingerprint density at radius 1 is 1.33 bits per heavy atom. The number of hydrazine groups is 1. The third-order valence-electron chi connectivity index (χ3n) is 2.63. The maximum absolute atomic E-state index is 5.52. The molecule has 0 amide bonds. The minimum absolute atomic E-state index is 0.222. The van der Waals surface area contributed by atoms with Crippen molar-refractivity contribution in [3.8, 4) is 0 Å². The topological polar surface area (TPSA) is 67.1 Å². The molecule has 5 nitrogen and oxygen atoms in total. The van der Waals surface area contributed by atoms with Crippen LogP contribution in [-0.2, 0) is 6.42 Å². The van der Waals surface area contributed by atoms with Crippen molar-refractivity contribution in [1.82, 2.24) is 9.97 Å². The lowest BCUT2D eigenvalue weighted by atomic mass is 9.96. The molecule has 1 aromatic rings. The van der Waals surface area contributed by atoms with Crippen molar-refractivity contribution in [2.24, 2.45) is 11.3 Å². The van der Waals surface area contributed by atoms with E-state index in [0.29, 0.717) is 0 Å². The summed E-state index contributed by atoms with van der Waals surface area (Å²) in [7, 11) is 2.06. The second kappa shape index (κ2) is 6.00. The van der Waals surface area contributed by atoms with Crippen molar-refractivity contribution in [3.05, 3.63) is 11.9 Å². The third-order valence-corrected chi connectivity index (χ3v) is 2.63. The van der Waals surface area contributed by atoms with Crippen LogP contribution in [0.4, 0.5) is 11.6 Å². The van der Waals surface area contributed by atoms with Crippen molar-refractivity contribution < 1.29 is 0 Å². The maximum atomic E-state index is 5.52. The molecule has 3 N–H and O–H groups in total. The Morgan fingerprint density at radius 3 is 2.50 bits per heavy atom. The predicted molar refractivity (Wildman–Crippen MR) is 76.6 cm³/mol. The highest BCUT2D eigenvalue weighted by atomic mass is 15.3. The second-order valence-electron chi connectivity index (χ2n) is 5.84. The molecule has 1 aromatic heterocycles. The van der Waals surface area contributed by atoms with Crippen molar-refractivity contribution in [1.29, 1.82) is 0 Å². The van der Waals surface area contributed by atoms with Crippen molar-refractivity contribution in [3.63, 3.8) is 0 Å². The first-order chi connectivity index (χ1) is 8.39. The molecule has 5 heteroatoms. The van der Waals surface area contributed by atoms with E-state index >= 15 is 0 Å². The van der Waals surface area contributed by atoms with Gasteiger partial charge in [-0.2, -0.15) is 0 Å². The zero-order valence-electron chi connectivity index (χ0n) is 12.1. The van der Waals surface area contributed by atoms with Gasteiger partial charge in [0.15, 0.2) is 0 Å². The Bertz CT molecular complexity index is 383. The minimum Gasteiger partial charge on any atom is -0.359 e. The number of nitrogen functional groups attached to an aromatic ring is 1. The Morgan fingerprint density at radius 2 is 2.00 bits per heavy atom. The smallest absolute Gasteiger partial charge is 0.148 e. The van der Waals surface area contributed by atoms with Crippen LogP contribution in [0.5, 0.6) is 0 Å². The Labute approximate surface area is 110 Å². The van der Waals surface area contributed by atoms with Crippen LogP contribution in [0.2, 0.25) is 0 Å². The summed E-state index contributed by atoms with van der Waals surface area (Å²) in [6.45, 7) is 9.72. The molecule has 0 bridgehead atoms. The fraction of sp³-hybridized carbons (Fsp3) is 0.692. The van der Waals surface area contributed by atoms with Crippen LogP contribution in [0.25, 0.3) is 0 Å². The van der Waals surface area contributed by atoms with E-state index in [4.69, 9.17) is 5.84 Å². The van der Waals surface area contributed by atoms with Crippen molar-refractivity contribution in [2.75, 3.05) is 23.9 Å². The zero-order valence-corrected chi connectivity index (χ0v) is 12.1. The Balaban J connectivity index is 3.06. The maximum Gasteiger partial charge on any atom is 0.148 e. The highest BCUT2D eigenvalue weighted by molar-refractivity contribution is 5.58. The van der Waals surface area contributed by atoms with Gasteiger partial charge in [-0.1, -0.05) is 34.1 Å². The lowest BCUT2D eigenvalue weighted by Gasteiger charge is -2.29. The number of aromatic nitrogens is 2. The van der Waals surface area contributed by atoms with E-state index in [1.165, 1.54) is 0 Å². The molecule has 0 aliphatic rings. The number of nitrogens with two attached hydrogens (primary N) is 1. The third kappa shape index (κ3) is 3.84. The van der Waals surface area contributed by atoms with Gasteiger partial charge in [-0.25, -0.2) is 15.8 Å². The van der Waals surface area contributed by atoms with Gasteiger partial charge in [-0.3, -0.25) is 0 Å². The molecule has 0 spiro atoms. The number of hydrogen-bond donors (Lipinski definition) is 2. The standard InChI is InChI=1S/C13H25N5/c1-6-7-10-11(17-14)15-9-16-12(10)18(5)8-13(2,3)4/h9H,6-8,14H2,1-5H3,(H,15,16,17). The molecule has 1 rings (SSSR count). The molecule has 1 heterocycles. The van der Waals surface area contributed by atoms with E-state index in [9.17, 15) is 0 Å². The molecule has 0 radical (unpaired) electrons. The van der Waals surface area contributed by atoms with E-state index < -0.39 is 0 Å². The van der Waals surface area contributed by atoms with Crippen LogP contribution < -0.4 is 16.2 Å². The largest absolute Gasteiger partial charge is 0.359 e. The summed E-state index contributed by atoms with van der Waals surface area (Å²) in [6, 6.07) is 0. The van der Waals surface area contributed by atoms with Crippen molar-refractivity contribution in [2.45, 2.75) is 40.5 Å². The fourth-order valence-electron chi connectivity index (χ4n) is 2.12. The number of nitrogens with one attached hydrogen (secondary N) is 1.